The minimum absolute atomic E-state index is 0.323. The lowest BCUT2D eigenvalue weighted by Crippen LogP contribution is -2.38. The van der Waals surface area contributed by atoms with Crippen molar-refractivity contribution in [2.24, 2.45) is 0 Å². The van der Waals surface area contributed by atoms with E-state index in [4.69, 9.17) is 4.74 Å². The molecule has 1 aliphatic heterocycles. The second-order valence-electron chi connectivity index (χ2n) is 7.20. The number of hydrogen-bond acceptors (Lipinski definition) is 6. The van der Waals surface area contributed by atoms with Crippen molar-refractivity contribution in [1.82, 2.24) is 25.4 Å². The summed E-state index contributed by atoms with van der Waals surface area (Å²) in [6, 6.07) is 7.98. The van der Waals surface area contributed by atoms with Crippen LogP contribution in [0.5, 0.6) is 5.75 Å². The van der Waals surface area contributed by atoms with Crippen LogP contribution in [0.15, 0.2) is 24.3 Å². The molecular formula is C20H31N5O2. The van der Waals surface area contributed by atoms with E-state index in [2.05, 4.69) is 31.5 Å². The second kappa shape index (κ2) is 10.4. The quantitative estimate of drug-likeness (QED) is 0.549. The molecular weight excluding hydrogens is 342 g/mol. The van der Waals surface area contributed by atoms with Crippen molar-refractivity contribution in [2.75, 3.05) is 32.8 Å². The molecule has 0 bridgehead atoms. The van der Waals surface area contributed by atoms with Gasteiger partial charge in [0, 0.05) is 31.6 Å². The smallest absolute Gasteiger partial charge is 0.151 e. The molecule has 1 aromatic heterocycles. The molecule has 1 aromatic carbocycles. The van der Waals surface area contributed by atoms with Gasteiger partial charge in [-0.15, -0.1) is 0 Å². The van der Waals surface area contributed by atoms with Gasteiger partial charge >= 0.3 is 0 Å². The molecule has 7 heteroatoms. The van der Waals surface area contributed by atoms with Crippen molar-refractivity contribution >= 4 is 0 Å². The number of para-hydroxylation sites is 1. The maximum atomic E-state index is 10.3. The number of β-amino-alcohol motifs (C(OH)–C–C–N with tert-alkyl or cyclic N) is 1. The number of likely N-dealkylation sites (tertiary alicyclic amines) is 1. The van der Waals surface area contributed by atoms with E-state index in [1.807, 2.05) is 25.1 Å². The maximum absolute atomic E-state index is 10.3. The molecule has 1 aliphatic rings. The number of benzene rings is 1. The highest BCUT2D eigenvalue weighted by molar-refractivity contribution is 5.33. The maximum Gasteiger partial charge on any atom is 0.151 e. The van der Waals surface area contributed by atoms with Gasteiger partial charge in [-0.1, -0.05) is 24.6 Å². The Balaban J connectivity index is 1.41. The Morgan fingerprint density at radius 3 is 2.85 bits per heavy atom. The van der Waals surface area contributed by atoms with E-state index in [0.717, 1.165) is 49.0 Å². The van der Waals surface area contributed by atoms with Crippen LogP contribution in [0.2, 0.25) is 0 Å². The number of nitrogens with zero attached hydrogens (tertiary/aromatic N) is 3. The van der Waals surface area contributed by atoms with Gasteiger partial charge in [-0.25, -0.2) is 4.98 Å². The fraction of sp³-hybridized carbons (Fsp3) is 0.600. The number of aliphatic hydroxyl groups excluding tert-OH is 1. The lowest BCUT2D eigenvalue weighted by Gasteiger charge is -2.28. The van der Waals surface area contributed by atoms with E-state index in [-0.39, 0.29) is 0 Å². The van der Waals surface area contributed by atoms with Crippen LogP contribution in [0.25, 0.3) is 0 Å². The minimum atomic E-state index is -0.460. The Kier molecular flexibility index (Phi) is 7.62. The molecule has 1 saturated heterocycles. The number of piperidine rings is 1. The third-order valence-electron chi connectivity index (χ3n) is 4.81. The SMILES string of the molecule is Cc1nc(CCNCc2ccccc2OCC(O)CN2CCCCC2)n[nH]1. The molecule has 0 radical (unpaired) electrons. The number of aromatic nitrogens is 3. The van der Waals surface area contributed by atoms with Gasteiger partial charge in [0.2, 0.25) is 0 Å². The zero-order valence-electron chi connectivity index (χ0n) is 16.2. The summed E-state index contributed by atoms with van der Waals surface area (Å²) in [7, 11) is 0. The Morgan fingerprint density at radius 1 is 1.26 bits per heavy atom. The van der Waals surface area contributed by atoms with Crippen LogP contribution in [0.1, 0.15) is 36.5 Å². The van der Waals surface area contributed by atoms with Crippen LogP contribution in [-0.2, 0) is 13.0 Å². The van der Waals surface area contributed by atoms with Crippen molar-refractivity contribution in [3.05, 3.63) is 41.5 Å². The van der Waals surface area contributed by atoms with Gasteiger partial charge in [0.05, 0.1) is 0 Å². The fourth-order valence-electron chi connectivity index (χ4n) is 3.39. The first-order valence-electron chi connectivity index (χ1n) is 9.90. The second-order valence-corrected chi connectivity index (χ2v) is 7.20. The molecule has 1 atom stereocenters. The Bertz CT molecular complexity index is 685. The first-order valence-corrected chi connectivity index (χ1v) is 9.90. The van der Waals surface area contributed by atoms with Crippen LogP contribution < -0.4 is 10.1 Å². The van der Waals surface area contributed by atoms with Gasteiger partial charge in [0.15, 0.2) is 5.82 Å². The van der Waals surface area contributed by atoms with Gasteiger partial charge in [-0.2, -0.15) is 5.10 Å². The predicted octanol–water partition coefficient (Wildman–Crippen LogP) is 1.67. The van der Waals surface area contributed by atoms with E-state index >= 15 is 0 Å². The molecule has 27 heavy (non-hydrogen) atoms. The van der Waals surface area contributed by atoms with Crippen molar-refractivity contribution in [2.45, 2.75) is 45.3 Å². The molecule has 0 saturated carbocycles. The van der Waals surface area contributed by atoms with Gasteiger partial charge in [0.1, 0.15) is 24.3 Å². The van der Waals surface area contributed by atoms with Crippen molar-refractivity contribution in [1.29, 1.82) is 0 Å². The molecule has 3 N–H and O–H groups in total. The summed E-state index contributed by atoms with van der Waals surface area (Å²) in [6.07, 6.45) is 4.09. The third kappa shape index (κ3) is 6.61. The van der Waals surface area contributed by atoms with E-state index < -0.39 is 6.10 Å². The summed E-state index contributed by atoms with van der Waals surface area (Å²) in [5, 5.41) is 20.7. The van der Waals surface area contributed by atoms with Gasteiger partial charge in [-0.05, 0) is 38.9 Å². The number of aliphatic hydroxyl groups is 1. The van der Waals surface area contributed by atoms with Crippen LogP contribution >= 0.6 is 0 Å². The molecule has 7 nitrogen and oxygen atoms in total. The summed E-state index contributed by atoms with van der Waals surface area (Å²) in [6.45, 7) is 6.59. The molecule has 1 fully saturated rings. The van der Waals surface area contributed by atoms with Crippen molar-refractivity contribution in [3.63, 3.8) is 0 Å². The molecule has 0 amide bonds. The molecule has 3 rings (SSSR count). The normalized spacial score (nSPS) is 16.4. The monoisotopic (exact) mass is 373 g/mol. The zero-order chi connectivity index (χ0) is 18.9. The fourth-order valence-corrected chi connectivity index (χ4v) is 3.39. The van der Waals surface area contributed by atoms with E-state index in [0.29, 0.717) is 19.7 Å². The molecule has 0 aliphatic carbocycles. The average Bonchev–Trinajstić information content (AvgIpc) is 3.10. The molecule has 148 valence electrons. The highest BCUT2D eigenvalue weighted by atomic mass is 16.5. The topological polar surface area (TPSA) is 86.3 Å². The molecule has 1 unspecified atom stereocenters. The molecule has 2 heterocycles. The van der Waals surface area contributed by atoms with Gasteiger partial charge in [-0.3, -0.25) is 5.10 Å². The largest absolute Gasteiger partial charge is 0.491 e. The van der Waals surface area contributed by atoms with E-state index in [1.165, 1.54) is 19.3 Å². The number of aryl methyl sites for hydroxylation is 1. The third-order valence-corrected chi connectivity index (χ3v) is 4.81. The van der Waals surface area contributed by atoms with Gasteiger partial charge in [0.25, 0.3) is 0 Å². The Labute approximate surface area is 161 Å². The van der Waals surface area contributed by atoms with Crippen LogP contribution in [0.4, 0.5) is 0 Å². The van der Waals surface area contributed by atoms with E-state index in [1.54, 1.807) is 0 Å². The predicted molar refractivity (Wildman–Crippen MR) is 105 cm³/mol. The lowest BCUT2D eigenvalue weighted by molar-refractivity contribution is 0.0614. The van der Waals surface area contributed by atoms with Crippen LogP contribution in [0.3, 0.4) is 0 Å². The van der Waals surface area contributed by atoms with Crippen LogP contribution in [0, 0.1) is 6.92 Å². The summed E-state index contributed by atoms with van der Waals surface area (Å²) in [4.78, 5) is 6.64. The number of rotatable bonds is 10. The molecule has 0 spiro atoms. The standard InChI is InChI=1S/C20H31N5O2/c1-16-22-20(24-23-16)9-10-21-13-17-7-3-4-8-19(17)27-15-18(26)14-25-11-5-2-6-12-25/h3-4,7-8,18,21,26H,2,5-6,9-15H2,1H3,(H,22,23,24). The number of aromatic amines is 1. The van der Waals surface area contributed by atoms with Gasteiger partial charge < -0.3 is 20.1 Å². The zero-order valence-corrected chi connectivity index (χ0v) is 16.2. The first-order chi connectivity index (χ1) is 13.2. The summed E-state index contributed by atoms with van der Waals surface area (Å²) >= 11 is 0. The highest BCUT2D eigenvalue weighted by Gasteiger charge is 2.15. The van der Waals surface area contributed by atoms with Crippen molar-refractivity contribution < 1.29 is 9.84 Å². The summed E-state index contributed by atoms with van der Waals surface area (Å²) < 4.78 is 5.91. The lowest BCUT2D eigenvalue weighted by atomic mass is 10.1. The Morgan fingerprint density at radius 2 is 2.07 bits per heavy atom. The van der Waals surface area contributed by atoms with Crippen LogP contribution in [-0.4, -0.2) is 64.1 Å². The number of ether oxygens (including phenoxy) is 1. The molecule has 2 aromatic rings. The first kappa shape index (κ1) is 19.8. The van der Waals surface area contributed by atoms with E-state index in [9.17, 15) is 5.11 Å². The number of nitrogens with one attached hydrogen (secondary N) is 2. The number of hydrogen-bond donors (Lipinski definition) is 3. The average molecular weight is 374 g/mol. The summed E-state index contributed by atoms with van der Waals surface area (Å²) in [5.41, 5.74) is 1.09. The van der Waals surface area contributed by atoms with Crippen molar-refractivity contribution in [3.8, 4) is 5.75 Å². The summed E-state index contributed by atoms with van der Waals surface area (Å²) in [5.74, 6) is 2.49. The number of H-pyrrole nitrogens is 1. The highest BCUT2D eigenvalue weighted by Crippen LogP contribution is 2.18. The Hall–Kier alpha value is -1.96. The minimum Gasteiger partial charge on any atom is -0.491 e.